The number of hydrogen-bond donors (Lipinski definition) is 0. The molecule has 0 atom stereocenters. The molecule has 0 bridgehead atoms. The molecule has 0 fully saturated rings. The van der Waals surface area contributed by atoms with Crippen LogP contribution in [0.25, 0.3) is 0 Å². The number of aromatic nitrogens is 1. The standard InChI is InChI=1S/C8H3ClF2N2O/c9-7(14)5-1-4(2-12)6(8(10)11)13-3-5/h1,3,8H. The van der Waals surface area contributed by atoms with Crippen molar-refractivity contribution in [1.82, 2.24) is 4.98 Å². The predicted molar refractivity (Wildman–Crippen MR) is 44.1 cm³/mol. The van der Waals surface area contributed by atoms with E-state index in [-0.39, 0.29) is 11.1 Å². The van der Waals surface area contributed by atoms with Crippen LogP contribution >= 0.6 is 11.6 Å². The Morgan fingerprint density at radius 3 is 2.71 bits per heavy atom. The van der Waals surface area contributed by atoms with Crippen molar-refractivity contribution in [2.45, 2.75) is 6.43 Å². The average molecular weight is 217 g/mol. The van der Waals surface area contributed by atoms with Gasteiger partial charge in [0.05, 0.1) is 11.1 Å². The van der Waals surface area contributed by atoms with Crippen molar-refractivity contribution in [3.05, 3.63) is 29.1 Å². The Kier molecular flexibility index (Phi) is 3.10. The van der Waals surface area contributed by atoms with Crippen molar-refractivity contribution in [1.29, 1.82) is 5.26 Å². The zero-order chi connectivity index (χ0) is 10.7. The molecule has 0 saturated heterocycles. The minimum absolute atomic E-state index is 0.0763. The molecule has 6 heteroatoms. The summed E-state index contributed by atoms with van der Waals surface area (Å²) in [5.41, 5.74) is -1.06. The maximum absolute atomic E-state index is 12.2. The Balaban J connectivity index is 3.27. The van der Waals surface area contributed by atoms with Gasteiger partial charge >= 0.3 is 0 Å². The first kappa shape index (κ1) is 10.5. The second-order valence-electron chi connectivity index (χ2n) is 2.34. The summed E-state index contributed by atoms with van der Waals surface area (Å²) in [6, 6.07) is 2.51. The highest BCUT2D eigenvalue weighted by molar-refractivity contribution is 6.67. The Hall–Kier alpha value is -1.54. The lowest BCUT2D eigenvalue weighted by Crippen LogP contribution is -1.99. The summed E-state index contributed by atoms with van der Waals surface area (Å²) in [7, 11) is 0. The van der Waals surface area contributed by atoms with Crippen LogP contribution in [0.1, 0.15) is 28.0 Å². The maximum Gasteiger partial charge on any atom is 0.281 e. The molecule has 14 heavy (non-hydrogen) atoms. The molecule has 1 aromatic heterocycles. The molecule has 0 aliphatic rings. The Labute approximate surface area is 82.9 Å². The van der Waals surface area contributed by atoms with E-state index in [1.54, 1.807) is 0 Å². The van der Waals surface area contributed by atoms with E-state index in [1.165, 1.54) is 6.07 Å². The first-order valence-corrected chi connectivity index (χ1v) is 3.82. The van der Waals surface area contributed by atoms with Gasteiger partial charge in [0, 0.05) is 6.20 Å². The van der Waals surface area contributed by atoms with Crippen LogP contribution in [0, 0.1) is 11.3 Å². The zero-order valence-electron chi connectivity index (χ0n) is 6.67. The minimum Gasteiger partial charge on any atom is -0.276 e. The van der Waals surface area contributed by atoms with E-state index < -0.39 is 17.4 Å². The van der Waals surface area contributed by atoms with Gasteiger partial charge in [-0.05, 0) is 17.7 Å². The quantitative estimate of drug-likeness (QED) is 0.713. The SMILES string of the molecule is N#Cc1cc(C(=O)Cl)cnc1C(F)F. The van der Waals surface area contributed by atoms with Gasteiger partial charge in [-0.3, -0.25) is 9.78 Å². The number of rotatable bonds is 2. The van der Waals surface area contributed by atoms with Gasteiger partial charge in [-0.15, -0.1) is 0 Å². The molecule has 72 valence electrons. The molecule has 0 radical (unpaired) electrons. The molecule has 1 aromatic rings. The molecular weight excluding hydrogens is 214 g/mol. The molecule has 0 aliphatic heterocycles. The fourth-order valence-corrected chi connectivity index (χ4v) is 0.950. The van der Waals surface area contributed by atoms with Crippen LogP contribution in [0.2, 0.25) is 0 Å². The van der Waals surface area contributed by atoms with Crippen LogP contribution in [0.5, 0.6) is 0 Å². The van der Waals surface area contributed by atoms with Crippen molar-refractivity contribution in [2.75, 3.05) is 0 Å². The van der Waals surface area contributed by atoms with E-state index in [0.717, 1.165) is 12.3 Å². The van der Waals surface area contributed by atoms with E-state index in [4.69, 9.17) is 16.9 Å². The zero-order valence-corrected chi connectivity index (χ0v) is 7.42. The molecule has 0 saturated carbocycles. The third-order valence-corrected chi connectivity index (χ3v) is 1.69. The molecule has 0 N–H and O–H groups in total. The van der Waals surface area contributed by atoms with Crippen molar-refractivity contribution in [2.24, 2.45) is 0 Å². The lowest BCUT2D eigenvalue weighted by Gasteiger charge is -2.01. The van der Waals surface area contributed by atoms with Gasteiger partial charge in [-0.25, -0.2) is 8.78 Å². The van der Waals surface area contributed by atoms with Crippen LogP contribution in [0.3, 0.4) is 0 Å². The van der Waals surface area contributed by atoms with Gasteiger partial charge in [0.15, 0.2) is 0 Å². The van der Waals surface area contributed by atoms with Crippen molar-refractivity contribution < 1.29 is 13.6 Å². The molecule has 1 heterocycles. The van der Waals surface area contributed by atoms with Gasteiger partial charge in [0.1, 0.15) is 11.8 Å². The summed E-state index contributed by atoms with van der Waals surface area (Å²) in [6.45, 7) is 0. The van der Waals surface area contributed by atoms with Gasteiger partial charge < -0.3 is 0 Å². The van der Waals surface area contributed by atoms with Gasteiger partial charge in [0.25, 0.3) is 11.7 Å². The summed E-state index contributed by atoms with van der Waals surface area (Å²) >= 11 is 5.09. The number of pyridine rings is 1. The summed E-state index contributed by atoms with van der Waals surface area (Å²) in [6.07, 6.45) is -1.93. The topological polar surface area (TPSA) is 53.8 Å². The number of hydrogen-bond acceptors (Lipinski definition) is 3. The lowest BCUT2D eigenvalue weighted by molar-refractivity contribution is 0.108. The van der Waals surface area contributed by atoms with Crippen molar-refractivity contribution >= 4 is 16.8 Å². The van der Waals surface area contributed by atoms with Crippen LogP contribution in [0.15, 0.2) is 12.3 Å². The highest BCUT2D eigenvalue weighted by atomic mass is 35.5. The number of nitriles is 1. The van der Waals surface area contributed by atoms with Crippen LogP contribution in [-0.2, 0) is 0 Å². The smallest absolute Gasteiger partial charge is 0.276 e. The number of halogens is 3. The van der Waals surface area contributed by atoms with Crippen LogP contribution in [-0.4, -0.2) is 10.2 Å². The molecular formula is C8H3ClF2N2O. The van der Waals surface area contributed by atoms with Crippen LogP contribution in [0.4, 0.5) is 8.78 Å². The van der Waals surface area contributed by atoms with E-state index in [0.29, 0.717) is 0 Å². The molecule has 0 amide bonds. The van der Waals surface area contributed by atoms with E-state index in [9.17, 15) is 13.6 Å². The lowest BCUT2D eigenvalue weighted by atomic mass is 10.1. The molecule has 3 nitrogen and oxygen atoms in total. The van der Waals surface area contributed by atoms with E-state index in [1.807, 2.05) is 0 Å². The highest BCUT2D eigenvalue weighted by Gasteiger charge is 2.16. The number of carbonyl (C=O) groups is 1. The third-order valence-electron chi connectivity index (χ3n) is 1.47. The molecule has 1 rings (SSSR count). The largest absolute Gasteiger partial charge is 0.281 e. The normalized spacial score (nSPS) is 9.93. The van der Waals surface area contributed by atoms with Crippen molar-refractivity contribution in [3.63, 3.8) is 0 Å². The van der Waals surface area contributed by atoms with E-state index in [2.05, 4.69) is 4.98 Å². The second kappa shape index (κ2) is 4.11. The summed E-state index contributed by atoms with van der Waals surface area (Å²) in [5.74, 6) is 0. The molecule has 0 aromatic carbocycles. The van der Waals surface area contributed by atoms with Gasteiger partial charge in [0.2, 0.25) is 0 Å². The number of alkyl halides is 2. The molecule has 0 unspecified atom stereocenters. The summed E-state index contributed by atoms with van der Waals surface area (Å²) < 4.78 is 24.4. The Morgan fingerprint density at radius 2 is 2.29 bits per heavy atom. The molecule has 0 spiro atoms. The minimum atomic E-state index is -2.84. The van der Waals surface area contributed by atoms with Gasteiger partial charge in [-0.2, -0.15) is 5.26 Å². The fourth-order valence-electron chi connectivity index (χ4n) is 0.846. The number of carbonyl (C=O) groups excluding carboxylic acids is 1. The van der Waals surface area contributed by atoms with Gasteiger partial charge in [-0.1, -0.05) is 0 Å². The monoisotopic (exact) mass is 216 g/mol. The van der Waals surface area contributed by atoms with Crippen molar-refractivity contribution in [3.8, 4) is 6.07 Å². The maximum atomic E-state index is 12.2. The first-order valence-electron chi connectivity index (χ1n) is 3.44. The average Bonchev–Trinajstić information content (AvgIpc) is 2.16. The summed E-state index contributed by atoms with van der Waals surface area (Å²) in [5, 5.41) is 7.66. The first-order chi connectivity index (χ1) is 6.56. The Morgan fingerprint density at radius 1 is 1.64 bits per heavy atom. The Bertz CT molecular complexity index is 414. The highest BCUT2D eigenvalue weighted by Crippen LogP contribution is 2.21. The van der Waals surface area contributed by atoms with E-state index >= 15 is 0 Å². The second-order valence-corrected chi connectivity index (χ2v) is 2.69. The predicted octanol–water partition coefficient (Wildman–Crippen LogP) is 2.27. The fraction of sp³-hybridized carbons (Fsp3) is 0.125. The third kappa shape index (κ3) is 2.03. The number of nitrogens with zero attached hydrogens (tertiary/aromatic N) is 2. The molecule has 0 aliphatic carbocycles. The summed E-state index contributed by atoms with van der Waals surface area (Å²) in [4.78, 5) is 13.9. The van der Waals surface area contributed by atoms with Crippen LogP contribution < -0.4 is 0 Å².